The van der Waals surface area contributed by atoms with Crippen LogP contribution in [0.25, 0.3) is 0 Å². The number of aromatic nitrogens is 1. The fraction of sp³-hybridized carbons (Fsp3) is 0.200. The number of fused-ring (bicyclic) bond motifs is 1. The first-order valence-electron chi connectivity index (χ1n) is 6.31. The van der Waals surface area contributed by atoms with Gasteiger partial charge in [-0.1, -0.05) is 24.3 Å². The minimum atomic E-state index is -0.993. The molecule has 0 fully saturated rings. The molecule has 0 unspecified atom stereocenters. The summed E-state index contributed by atoms with van der Waals surface area (Å²) in [5, 5.41) is 9.02. The van der Waals surface area contributed by atoms with Gasteiger partial charge in [-0.15, -0.1) is 0 Å². The van der Waals surface area contributed by atoms with Gasteiger partial charge in [0.05, 0.1) is 0 Å². The van der Waals surface area contributed by atoms with Gasteiger partial charge in [-0.2, -0.15) is 0 Å². The molecular formula is C15H14N2O2. The van der Waals surface area contributed by atoms with Crippen molar-refractivity contribution >= 4 is 17.5 Å². The number of aromatic carboxylic acids is 1. The third-order valence-electron chi connectivity index (χ3n) is 3.34. The van der Waals surface area contributed by atoms with E-state index >= 15 is 0 Å². The molecule has 0 saturated heterocycles. The van der Waals surface area contributed by atoms with Gasteiger partial charge in [-0.3, -0.25) is 0 Å². The van der Waals surface area contributed by atoms with Crippen LogP contribution in [-0.4, -0.2) is 22.6 Å². The molecule has 1 aliphatic rings. The molecule has 0 aliphatic carbocycles. The molecule has 0 radical (unpaired) electrons. The smallest absolute Gasteiger partial charge is 0.354 e. The first kappa shape index (κ1) is 11.7. The molecule has 1 aromatic heterocycles. The SMILES string of the molecule is O=C(O)c1cccc(N2CCCc3ccccc32)n1. The second-order valence-corrected chi connectivity index (χ2v) is 4.57. The number of pyridine rings is 1. The lowest BCUT2D eigenvalue weighted by Crippen LogP contribution is -2.25. The van der Waals surface area contributed by atoms with Crippen molar-refractivity contribution in [3.63, 3.8) is 0 Å². The summed E-state index contributed by atoms with van der Waals surface area (Å²) in [5.41, 5.74) is 2.50. The lowest BCUT2D eigenvalue weighted by molar-refractivity contribution is 0.0690. The van der Waals surface area contributed by atoms with Crippen LogP contribution >= 0.6 is 0 Å². The molecule has 2 aromatic rings. The topological polar surface area (TPSA) is 53.4 Å². The minimum absolute atomic E-state index is 0.0838. The molecule has 19 heavy (non-hydrogen) atoms. The Kier molecular flexibility index (Phi) is 2.91. The number of carbonyl (C=O) groups is 1. The van der Waals surface area contributed by atoms with Crippen LogP contribution in [0, 0.1) is 0 Å². The lowest BCUT2D eigenvalue weighted by atomic mass is 10.0. The highest BCUT2D eigenvalue weighted by molar-refractivity contribution is 5.86. The van der Waals surface area contributed by atoms with Crippen LogP contribution in [0.4, 0.5) is 11.5 Å². The molecule has 1 aliphatic heterocycles. The second kappa shape index (κ2) is 4.72. The average molecular weight is 254 g/mol. The van der Waals surface area contributed by atoms with E-state index in [1.165, 1.54) is 11.6 Å². The summed E-state index contributed by atoms with van der Waals surface area (Å²) in [6.07, 6.45) is 2.11. The van der Waals surface area contributed by atoms with Crippen LogP contribution in [0.5, 0.6) is 0 Å². The predicted molar refractivity (Wildman–Crippen MR) is 73.0 cm³/mol. The molecule has 96 valence electrons. The summed E-state index contributed by atoms with van der Waals surface area (Å²) >= 11 is 0. The van der Waals surface area contributed by atoms with Crippen LogP contribution in [0.1, 0.15) is 22.5 Å². The highest BCUT2D eigenvalue weighted by atomic mass is 16.4. The van der Waals surface area contributed by atoms with Crippen molar-refractivity contribution in [3.8, 4) is 0 Å². The molecule has 4 nitrogen and oxygen atoms in total. The van der Waals surface area contributed by atoms with E-state index in [-0.39, 0.29) is 5.69 Å². The number of rotatable bonds is 2. The third kappa shape index (κ3) is 2.17. The van der Waals surface area contributed by atoms with Crippen LogP contribution < -0.4 is 4.90 Å². The number of hydrogen-bond acceptors (Lipinski definition) is 3. The molecule has 0 atom stereocenters. The number of para-hydroxylation sites is 1. The monoisotopic (exact) mass is 254 g/mol. The fourth-order valence-electron chi connectivity index (χ4n) is 2.46. The number of hydrogen-bond donors (Lipinski definition) is 1. The zero-order valence-electron chi connectivity index (χ0n) is 10.4. The van der Waals surface area contributed by atoms with Gasteiger partial charge in [0.1, 0.15) is 5.82 Å². The molecule has 0 bridgehead atoms. The van der Waals surface area contributed by atoms with Gasteiger partial charge in [0.15, 0.2) is 5.69 Å². The van der Waals surface area contributed by atoms with Crippen LogP contribution in [0.15, 0.2) is 42.5 Å². The van der Waals surface area contributed by atoms with E-state index in [4.69, 9.17) is 5.11 Å². The van der Waals surface area contributed by atoms with Crippen molar-refractivity contribution in [3.05, 3.63) is 53.7 Å². The Morgan fingerprint density at radius 3 is 2.84 bits per heavy atom. The lowest BCUT2D eigenvalue weighted by Gasteiger charge is -2.30. The van der Waals surface area contributed by atoms with Crippen LogP contribution in [-0.2, 0) is 6.42 Å². The van der Waals surface area contributed by atoms with Gasteiger partial charge in [-0.25, -0.2) is 9.78 Å². The van der Waals surface area contributed by atoms with Gasteiger partial charge < -0.3 is 10.0 Å². The number of benzene rings is 1. The van der Waals surface area contributed by atoms with Crippen molar-refractivity contribution in [1.82, 2.24) is 4.98 Å². The van der Waals surface area contributed by atoms with E-state index in [2.05, 4.69) is 22.0 Å². The maximum atomic E-state index is 11.0. The average Bonchev–Trinajstić information content (AvgIpc) is 2.47. The third-order valence-corrected chi connectivity index (χ3v) is 3.34. The molecule has 2 heterocycles. The Hall–Kier alpha value is -2.36. The minimum Gasteiger partial charge on any atom is -0.477 e. The van der Waals surface area contributed by atoms with Crippen molar-refractivity contribution in [2.75, 3.05) is 11.4 Å². The van der Waals surface area contributed by atoms with Crippen molar-refractivity contribution in [2.24, 2.45) is 0 Å². The van der Waals surface area contributed by atoms with Crippen molar-refractivity contribution in [1.29, 1.82) is 0 Å². The standard InChI is InChI=1S/C15H14N2O2/c18-15(19)12-7-3-9-14(16-12)17-10-4-6-11-5-1-2-8-13(11)17/h1-3,5,7-9H,4,6,10H2,(H,18,19). The summed E-state index contributed by atoms with van der Waals surface area (Å²) in [4.78, 5) is 17.3. The van der Waals surface area contributed by atoms with Gasteiger partial charge in [0, 0.05) is 12.2 Å². The molecule has 3 rings (SSSR count). The number of nitrogens with zero attached hydrogens (tertiary/aromatic N) is 2. The van der Waals surface area contributed by atoms with Gasteiger partial charge >= 0.3 is 5.97 Å². The van der Waals surface area contributed by atoms with E-state index in [1.807, 2.05) is 18.2 Å². The Bertz CT molecular complexity index is 625. The Labute approximate surface area is 111 Å². The maximum absolute atomic E-state index is 11.0. The van der Waals surface area contributed by atoms with E-state index in [1.54, 1.807) is 6.07 Å². The van der Waals surface area contributed by atoms with E-state index < -0.39 is 5.97 Å². The zero-order valence-corrected chi connectivity index (χ0v) is 10.4. The molecular weight excluding hydrogens is 240 g/mol. The fourth-order valence-corrected chi connectivity index (χ4v) is 2.46. The first-order chi connectivity index (χ1) is 9.25. The zero-order chi connectivity index (χ0) is 13.2. The summed E-state index contributed by atoms with van der Waals surface area (Å²) < 4.78 is 0. The van der Waals surface area contributed by atoms with Crippen molar-refractivity contribution in [2.45, 2.75) is 12.8 Å². The molecule has 0 spiro atoms. The highest BCUT2D eigenvalue weighted by Crippen LogP contribution is 2.32. The second-order valence-electron chi connectivity index (χ2n) is 4.57. The van der Waals surface area contributed by atoms with Gasteiger partial charge in [0.25, 0.3) is 0 Å². The Morgan fingerprint density at radius 2 is 2.00 bits per heavy atom. The predicted octanol–water partition coefficient (Wildman–Crippen LogP) is 2.86. The summed E-state index contributed by atoms with van der Waals surface area (Å²) in [5.74, 6) is -0.292. The normalized spacial score (nSPS) is 14.0. The summed E-state index contributed by atoms with van der Waals surface area (Å²) in [6, 6.07) is 13.3. The van der Waals surface area contributed by atoms with Gasteiger partial charge in [0.2, 0.25) is 0 Å². The first-order valence-corrected chi connectivity index (χ1v) is 6.31. The van der Waals surface area contributed by atoms with Crippen LogP contribution in [0.2, 0.25) is 0 Å². The van der Waals surface area contributed by atoms with Gasteiger partial charge in [-0.05, 0) is 36.6 Å². The van der Waals surface area contributed by atoms with Crippen LogP contribution in [0.3, 0.4) is 0 Å². The molecule has 1 aromatic carbocycles. The maximum Gasteiger partial charge on any atom is 0.354 e. The van der Waals surface area contributed by atoms with E-state index in [0.29, 0.717) is 5.82 Å². The number of carboxylic acid groups (broad SMARTS) is 1. The summed E-state index contributed by atoms with van der Waals surface area (Å²) in [6.45, 7) is 0.868. The molecule has 1 N–H and O–H groups in total. The molecule has 0 saturated carbocycles. The van der Waals surface area contributed by atoms with E-state index in [0.717, 1.165) is 25.1 Å². The highest BCUT2D eigenvalue weighted by Gasteiger charge is 2.19. The Balaban J connectivity index is 2.04. The van der Waals surface area contributed by atoms with E-state index in [9.17, 15) is 4.79 Å². The molecule has 0 amide bonds. The Morgan fingerprint density at radius 1 is 1.16 bits per heavy atom. The quantitative estimate of drug-likeness (QED) is 0.895. The largest absolute Gasteiger partial charge is 0.477 e. The number of carboxylic acids is 1. The number of anilines is 2. The number of aryl methyl sites for hydroxylation is 1. The summed E-state index contributed by atoms with van der Waals surface area (Å²) in [7, 11) is 0. The van der Waals surface area contributed by atoms with Crippen molar-refractivity contribution < 1.29 is 9.90 Å². The molecule has 4 heteroatoms.